The molecule has 1 N–H and O–H groups in total. The summed E-state index contributed by atoms with van der Waals surface area (Å²) in [5, 5.41) is 13.4. The molecular weight excluding hydrogens is 436 g/mol. The molecule has 0 radical (unpaired) electrons. The number of halogens is 1. The molecule has 1 aromatic carbocycles. The molecule has 10 heteroatoms. The Morgan fingerprint density at radius 2 is 2.00 bits per heavy atom. The standard InChI is InChI=1S/C18H15ClN4O2S3/c1-10-15(16(24)23-18-22-11(2)17(28-18)26-8-7-20)27-14(21-10)9-25-13-5-3-12(19)4-6-13/h3-6H,8-9H2,1-2H3,(H,22,23,24). The molecule has 3 aromatic rings. The number of thiazole rings is 2. The lowest BCUT2D eigenvalue weighted by molar-refractivity contribution is 0.103. The van der Waals surface area contributed by atoms with Crippen molar-refractivity contribution >= 4 is 57.1 Å². The minimum Gasteiger partial charge on any atom is -0.486 e. The lowest BCUT2D eigenvalue weighted by Crippen LogP contribution is -2.11. The van der Waals surface area contributed by atoms with Crippen LogP contribution in [0.2, 0.25) is 5.02 Å². The molecule has 2 heterocycles. The van der Waals surface area contributed by atoms with E-state index < -0.39 is 0 Å². The van der Waals surface area contributed by atoms with Gasteiger partial charge in [-0.15, -0.1) is 11.3 Å². The Morgan fingerprint density at radius 1 is 1.25 bits per heavy atom. The van der Waals surface area contributed by atoms with Gasteiger partial charge in [-0.2, -0.15) is 5.26 Å². The van der Waals surface area contributed by atoms with Crippen LogP contribution in [-0.4, -0.2) is 21.6 Å². The van der Waals surface area contributed by atoms with Crippen molar-refractivity contribution in [1.29, 1.82) is 5.26 Å². The largest absolute Gasteiger partial charge is 0.486 e. The van der Waals surface area contributed by atoms with Gasteiger partial charge in [0.1, 0.15) is 22.2 Å². The van der Waals surface area contributed by atoms with Gasteiger partial charge in [0.2, 0.25) is 0 Å². The summed E-state index contributed by atoms with van der Waals surface area (Å²) in [6, 6.07) is 9.15. The van der Waals surface area contributed by atoms with Crippen LogP contribution in [0.1, 0.15) is 26.1 Å². The van der Waals surface area contributed by atoms with E-state index in [4.69, 9.17) is 21.6 Å². The molecular formula is C18H15ClN4O2S3. The van der Waals surface area contributed by atoms with Gasteiger partial charge in [-0.1, -0.05) is 34.7 Å². The van der Waals surface area contributed by atoms with Crippen LogP contribution in [-0.2, 0) is 6.61 Å². The number of nitriles is 1. The molecule has 0 saturated heterocycles. The van der Waals surface area contributed by atoms with Crippen molar-refractivity contribution in [3.8, 4) is 11.8 Å². The highest BCUT2D eigenvalue weighted by Gasteiger charge is 2.18. The number of hydrogen-bond acceptors (Lipinski definition) is 8. The molecule has 1 amide bonds. The molecule has 0 unspecified atom stereocenters. The van der Waals surface area contributed by atoms with Crippen LogP contribution in [0.3, 0.4) is 0 Å². The molecule has 2 aromatic heterocycles. The molecule has 144 valence electrons. The first kappa shape index (κ1) is 20.6. The van der Waals surface area contributed by atoms with E-state index in [1.165, 1.54) is 34.4 Å². The van der Waals surface area contributed by atoms with Crippen molar-refractivity contribution in [2.75, 3.05) is 11.1 Å². The summed E-state index contributed by atoms with van der Waals surface area (Å²) in [6.07, 6.45) is 0. The molecule has 0 spiro atoms. The van der Waals surface area contributed by atoms with Crippen LogP contribution in [0.5, 0.6) is 5.75 Å². The lowest BCUT2D eigenvalue weighted by atomic mass is 10.3. The number of nitrogens with zero attached hydrogens (tertiary/aromatic N) is 3. The van der Waals surface area contributed by atoms with Crippen molar-refractivity contribution in [2.45, 2.75) is 24.7 Å². The normalized spacial score (nSPS) is 10.5. The predicted octanol–water partition coefficient (Wildman–Crippen LogP) is 5.32. The molecule has 0 fully saturated rings. The quantitative estimate of drug-likeness (QED) is 0.490. The maximum absolute atomic E-state index is 12.6. The summed E-state index contributed by atoms with van der Waals surface area (Å²) in [6.45, 7) is 3.92. The molecule has 6 nitrogen and oxygen atoms in total. The second-order valence-electron chi connectivity index (χ2n) is 5.56. The van der Waals surface area contributed by atoms with Gasteiger partial charge in [-0.3, -0.25) is 10.1 Å². The maximum atomic E-state index is 12.6. The summed E-state index contributed by atoms with van der Waals surface area (Å²) >= 11 is 9.92. The number of ether oxygens (including phenoxy) is 1. The van der Waals surface area contributed by atoms with E-state index in [9.17, 15) is 4.79 Å². The monoisotopic (exact) mass is 450 g/mol. The molecule has 28 heavy (non-hydrogen) atoms. The van der Waals surface area contributed by atoms with E-state index >= 15 is 0 Å². The lowest BCUT2D eigenvalue weighted by Gasteiger charge is -2.03. The van der Waals surface area contributed by atoms with Gasteiger partial charge < -0.3 is 4.74 Å². The molecule has 0 bridgehead atoms. The highest BCUT2D eigenvalue weighted by molar-refractivity contribution is 8.01. The van der Waals surface area contributed by atoms with Gasteiger partial charge in [0.05, 0.1) is 27.4 Å². The fraction of sp³-hybridized carbons (Fsp3) is 0.222. The number of hydrogen-bond donors (Lipinski definition) is 1. The number of carbonyl (C=O) groups is 1. The van der Waals surface area contributed by atoms with E-state index in [1.807, 2.05) is 6.92 Å². The van der Waals surface area contributed by atoms with Gasteiger partial charge >= 0.3 is 0 Å². The van der Waals surface area contributed by atoms with Crippen LogP contribution in [0, 0.1) is 25.2 Å². The second kappa shape index (κ2) is 9.39. The number of amides is 1. The zero-order chi connectivity index (χ0) is 20.1. The zero-order valence-electron chi connectivity index (χ0n) is 15.0. The first-order valence-electron chi connectivity index (χ1n) is 8.09. The number of aromatic nitrogens is 2. The van der Waals surface area contributed by atoms with Crippen LogP contribution in [0.15, 0.2) is 28.5 Å². The van der Waals surface area contributed by atoms with Crippen molar-refractivity contribution in [2.24, 2.45) is 0 Å². The number of anilines is 1. The highest BCUT2D eigenvalue weighted by Crippen LogP contribution is 2.32. The first-order valence-corrected chi connectivity index (χ1v) is 11.1. The maximum Gasteiger partial charge on any atom is 0.269 e. The van der Waals surface area contributed by atoms with Crippen LogP contribution >= 0.6 is 46.0 Å². The molecule has 0 aliphatic rings. The summed E-state index contributed by atoms with van der Waals surface area (Å²) in [5.41, 5.74) is 1.45. The molecule has 0 aliphatic carbocycles. The zero-order valence-corrected chi connectivity index (χ0v) is 18.2. The van der Waals surface area contributed by atoms with Crippen LogP contribution in [0.25, 0.3) is 0 Å². The molecule has 0 aliphatic heterocycles. The van der Waals surface area contributed by atoms with Crippen molar-refractivity contribution in [1.82, 2.24) is 9.97 Å². The highest BCUT2D eigenvalue weighted by atomic mass is 35.5. The minimum atomic E-state index is -0.252. The average Bonchev–Trinajstić information content (AvgIpc) is 3.21. The van der Waals surface area contributed by atoms with Gasteiger partial charge in [0, 0.05) is 5.02 Å². The van der Waals surface area contributed by atoms with Gasteiger partial charge in [-0.05, 0) is 38.1 Å². The number of thioether (sulfide) groups is 1. The Hall–Kier alpha value is -2.12. The van der Waals surface area contributed by atoms with Gasteiger partial charge in [0.15, 0.2) is 5.13 Å². The predicted molar refractivity (Wildman–Crippen MR) is 114 cm³/mol. The third kappa shape index (κ3) is 5.23. The van der Waals surface area contributed by atoms with Crippen molar-refractivity contribution in [3.05, 3.63) is 50.6 Å². The average molecular weight is 451 g/mol. The van der Waals surface area contributed by atoms with Crippen molar-refractivity contribution in [3.63, 3.8) is 0 Å². The van der Waals surface area contributed by atoms with Crippen LogP contribution in [0.4, 0.5) is 5.13 Å². The van der Waals surface area contributed by atoms with E-state index in [1.54, 1.807) is 31.2 Å². The number of rotatable bonds is 7. The number of carbonyl (C=O) groups excluding carboxylic acids is 1. The first-order chi connectivity index (χ1) is 13.5. The smallest absolute Gasteiger partial charge is 0.269 e. The number of nitrogens with one attached hydrogen (secondary N) is 1. The van der Waals surface area contributed by atoms with E-state index in [2.05, 4.69) is 21.4 Å². The summed E-state index contributed by atoms with van der Waals surface area (Å²) in [4.78, 5) is 21.9. The van der Waals surface area contributed by atoms with Gasteiger partial charge in [-0.25, -0.2) is 9.97 Å². The number of benzene rings is 1. The minimum absolute atomic E-state index is 0.252. The van der Waals surface area contributed by atoms with E-state index in [0.29, 0.717) is 37.2 Å². The third-order valence-electron chi connectivity index (χ3n) is 3.47. The Bertz CT molecular complexity index is 1020. The SMILES string of the molecule is Cc1nc(NC(=O)c2sc(COc3ccc(Cl)cc3)nc2C)sc1SCC#N. The van der Waals surface area contributed by atoms with E-state index in [-0.39, 0.29) is 12.5 Å². The summed E-state index contributed by atoms with van der Waals surface area (Å²) in [7, 11) is 0. The Balaban J connectivity index is 1.64. The van der Waals surface area contributed by atoms with E-state index in [0.717, 1.165) is 9.90 Å². The summed E-state index contributed by atoms with van der Waals surface area (Å²) < 4.78 is 6.61. The summed E-state index contributed by atoms with van der Waals surface area (Å²) in [5.74, 6) is 0.781. The Labute approximate surface area is 179 Å². The fourth-order valence-electron chi connectivity index (χ4n) is 2.22. The Kier molecular flexibility index (Phi) is 6.91. The van der Waals surface area contributed by atoms with Gasteiger partial charge in [0.25, 0.3) is 5.91 Å². The second-order valence-corrected chi connectivity index (χ2v) is 9.32. The number of aryl methyl sites for hydroxylation is 2. The molecule has 3 rings (SSSR count). The third-order valence-corrected chi connectivity index (χ3v) is 7.15. The molecule has 0 saturated carbocycles. The topological polar surface area (TPSA) is 87.9 Å². The fourth-order valence-corrected chi connectivity index (χ4v) is 5.02. The molecule has 0 atom stereocenters. The Morgan fingerprint density at radius 3 is 2.71 bits per heavy atom. The van der Waals surface area contributed by atoms with Crippen LogP contribution < -0.4 is 10.1 Å². The van der Waals surface area contributed by atoms with Crippen molar-refractivity contribution < 1.29 is 9.53 Å².